The van der Waals surface area contributed by atoms with Crippen molar-refractivity contribution in [3.8, 4) is 22.4 Å². The van der Waals surface area contributed by atoms with E-state index >= 15 is 0 Å². The molecular formula is C24H17NO. The van der Waals surface area contributed by atoms with Gasteiger partial charge in [0.15, 0.2) is 0 Å². The number of hydrogen-bond donors (Lipinski definition) is 0. The summed E-state index contributed by atoms with van der Waals surface area (Å²) < 4.78 is 6.01. The standard InChI is InChI=1S/C24H17NO/c1-16-11-12-18(13-20(16)17-7-3-2-4-8-17)22-14-24-21(15-25-22)19-9-5-6-10-23(19)26-24/h2-15H,1H3. The number of pyridine rings is 1. The molecule has 5 aromatic rings. The highest BCUT2D eigenvalue weighted by Gasteiger charge is 2.10. The zero-order valence-corrected chi connectivity index (χ0v) is 14.4. The van der Waals surface area contributed by atoms with Crippen molar-refractivity contribution in [1.82, 2.24) is 4.98 Å². The van der Waals surface area contributed by atoms with Crippen molar-refractivity contribution in [2.75, 3.05) is 0 Å². The second-order valence-electron chi connectivity index (χ2n) is 6.56. The number of para-hydroxylation sites is 1. The maximum Gasteiger partial charge on any atom is 0.139 e. The second-order valence-corrected chi connectivity index (χ2v) is 6.56. The third-order valence-corrected chi connectivity index (χ3v) is 4.88. The molecule has 2 nitrogen and oxygen atoms in total. The van der Waals surface area contributed by atoms with E-state index < -0.39 is 0 Å². The molecule has 0 saturated heterocycles. The van der Waals surface area contributed by atoms with E-state index in [1.807, 2.05) is 36.5 Å². The summed E-state index contributed by atoms with van der Waals surface area (Å²) in [6.07, 6.45) is 1.92. The van der Waals surface area contributed by atoms with Crippen molar-refractivity contribution in [3.05, 3.63) is 90.6 Å². The van der Waals surface area contributed by atoms with Gasteiger partial charge in [-0.1, -0.05) is 60.7 Å². The molecule has 124 valence electrons. The van der Waals surface area contributed by atoms with Crippen LogP contribution in [-0.4, -0.2) is 4.98 Å². The van der Waals surface area contributed by atoms with E-state index in [-0.39, 0.29) is 0 Å². The van der Waals surface area contributed by atoms with Gasteiger partial charge in [-0.3, -0.25) is 4.98 Å². The lowest BCUT2D eigenvalue weighted by Gasteiger charge is -2.09. The number of nitrogens with zero attached hydrogens (tertiary/aromatic N) is 1. The fraction of sp³-hybridized carbons (Fsp3) is 0.0417. The van der Waals surface area contributed by atoms with Crippen molar-refractivity contribution in [2.24, 2.45) is 0 Å². The third-order valence-electron chi connectivity index (χ3n) is 4.88. The average molecular weight is 335 g/mol. The Bertz CT molecular complexity index is 1240. The first-order valence-corrected chi connectivity index (χ1v) is 8.73. The summed E-state index contributed by atoms with van der Waals surface area (Å²) in [6.45, 7) is 2.14. The molecule has 26 heavy (non-hydrogen) atoms. The number of furan rings is 1. The van der Waals surface area contributed by atoms with Gasteiger partial charge < -0.3 is 4.42 Å². The molecule has 2 heteroatoms. The van der Waals surface area contributed by atoms with Crippen LogP contribution >= 0.6 is 0 Å². The van der Waals surface area contributed by atoms with Gasteiger partial charge in [-0.15, -0.1) is 0 Å². The van der Waals surface area contributed by atoms with Crippen molar-refractivity contribution in [3.63, 3.8) is 0 Å². The summed E-state index contributed by atoms with van der Waals surface area (Å²) in [5, 5.41) is 2.16. The van der Waals surface area contributed by atoms with Crippen LogP contribution in [0.15, 0.2) is 89.5 Å². The van der Waals surface area contributed by atoms with Gasteiger partial charge in [0.05, 0.1) is 5.69 Å². The highest BCUT2D eigenvalue weighted by Crippen LogP contribution is 2.32. The summed E-state index contributed by atoms with van der Waals surface area (Å²) in [5.74, 6) is 0. The van der Waals surface area contributed by atoms with Gasteiger partial charge >= 0.3 is 0 Å². The van der Waals surface area contributed by atoms with Gasteiger partial charge in [0.2, 0.25) is 0 Å². The summed E-state index contributed by atoms with van der Waals surface area (Å²) in [4.78, 5) is 4.70. The van der Waals surface area contributed by atoms with Crippen LogP contribution in [0.5, 0.6) is 0 Å². The van der Waals surface area contributed by atoms with E-state index in [1.54, 1.807) is 0 Å². The van der Waals surface area contributed by atoms with Crippen LogP contribution in [0, 0.1) is 6.92 Å². The number of rotatable bonds is 2. The number of aryl methyl sites for hydroxylation is 1. The van der Waals surface area contributed by atoms with Crippen LogP contribution < -0.4 is 0 Å². The maximum atomic E-state index is 6.01. The van der Waals surface area contributed by atoms with Crippen molar-refractivity contribution >= 4 is 21.9 Å². The summed E-state index contributed by atoms with van der Waals surface area (Å²) >= 11 is 0. The molecule has 2 aromatic heterocycles. The van der Waals surface area contributed by atoms with Gasteiger partial charge in [-0.25, -0.2) is 0 Å². The van der Waals surface area contributed by atoms with Gasteiger partial charge in [-0.2, -0.15) is 0 Å². The normalized spacial score (nSPS) is 11.3. The Morgan fingerprint density at radius 3 is 2.38 bits per heavy atom. The Labute approximate surface area is 151 Å². The molecule has 0 unspecified atom stereocenters. The molecule has 5 rings (SSSR count). The summed E-state index contributed by atoms with van der Waals surface area (Å²) in [5.41, 5.74) is 7.50. The summed E-state index contributed by atoms with van der Waals surface area (Å²) in [7, 11) is 0. The van der Waals surface area contributed by atoms with E-state index in [4.69, 9.17) is 9.40 Å². The van der Waals surface area contributed by atoms with Crippen LogP contribution in [0.3, 0.4) is 0 Å². The number of benzene rings is 3. The van der Waals surface area contributed by atoms with Crippen LogP contribution in [-0.2, 0) is 0 Å². The Hall–Kier alpha value is -3.39. The zero-order valence-electron chi connectivity index (χ0n) is 14.4. The molecule has 0 aliphatic heterocycles. The Morgan fingerprint density at radius 1 is 0.692 bits per heavy atom. The van der Waals surface area contributed by atoms with E-state index in [2.05, 4.69) is 55.5 Å². The molecule has 0 fully saturated rings. The van der Waals surface area contributed by atoms with E-state index in [0.29, 0.717) is 0 Å². The van der Waals surface area contributed by atoms with Crippen molar-refractivity contribution in [2.45, 2.75) is 6.92 Å². The van der Waals surface area contributed by atoms with Gasteiger partial charge in [0.1, 0.15) is 11.2 Å². The number of fused-ring (bicyclic) bond motifs is 3. The average Bonchev–Trinajstić information content (AvgIpc) is 3.07. The van der Waals surface area contributed by atoms with Crippen LogP contribution in [0.1, 0.15) is 5.56 Å². The van der Waals surface area contributed by atoms with E-state index in [1.165, 1.54) is 16.7 Å². The lowest BCUT2D eigenvalue weighted by molar-refractivity contribution is 0.668. The second kappa shape index (κ2) is 5.85. The molecule has 0 spiro atoms. The Kier molecular flexibility index (Phi) is 3.36. The highest BCUT2D eigenvalue weighted by molar-refractivity contribution is 6.05. The number of hydrogen-bond acceptors (Lipinski definition) is 2. The van der Waals surface area contributed by atoms with Crippen molar-refractivity contribution < 1.29 is 4.42 Å². The molecule has 0 aliphatic rings. The molecule has 0 radical (unpaired) electrons. The van der Waals surface area contributed by atoms with Crippen LogP contribution in [0.2, 0.25) is 0 Å². The topological polar surface area (TPSA) is 26.0 Å². The molecule has 0 bridgehead atoms. The van der Waals surface area contributed by atoms with Gasteiger partial charge in [0.25, 0.3) is 0 Å². The molecule has 0 N–H and O–H groups in total. The zero-order chi connectivity index (χ0) is 17.5. The van der Waals surface area contributed by atoms with E-state index in [0.717, 1.165) is 33.2 Å². The first-order chi connectivity index (χ1) is 12.8. The quantitative estimate of drug-likeness (QED) is 0.362. The predicted molar refractivity (Wildman–Crippen MR) is 107 cm³/mol. The molecular weight excluding hydrogens is 318 g/mol. The molecule has 0 amide bonds. The minimum Gasteiger partial charge on any atom is -0.456 e. The SMILES string of the molecule is Cc1ccc(-c2cc3oc4ccccc4c3cn2)cc1-c1ccccc1. The van der Waals surface area contributed by atoms with Gasteiger partial charge in [-0.05, 0) is 35.7 Å². The minimum absolute atomic E-state index is 0.873. The van der Waals surface area contributed by atoms with Gasteiger partial charge in [0, 0.05) is 28.6 Å². The lowest BCUT2D eigenvalue weighted by Crippen LogP contribution is -1.87. The first-order valence-electron chi connectivity index (χ1n) is 8.73. The predicted octanol–water partition coefficient (Wildman–Crippen LogP) is 6.62. The lowest BCUT2D eigenvalue weighted by atomic mass is 9.97. The maximum absolute atomic E-state index is 6.01. The molecule has 3 aromatic carbocycles. The molecule has 2 heterocycles. The smallest absolute Gasteiger partial charge is 0.139 e. The van der Waals surface area contributed by atoms with E-state index in [9.17, 15) is 0 Å². The summed E-state index contributed by atoms with van der Waals surface area (Å²) in [6, 6.07) is 27.1. The number of aromatic nitrogens is 1. The fourth-order valence-corrected chi connectivity index (χ4v) is 3.49. The molecule has 0 aliphatic carbocycles. The fourth-order valence-electron chi connectivity index (χ4n) is 3.49. The van der Waals surface area contributed by atoms with Crippen LogP contribution in [0.4, 0.5) is 0 Å². The van der Waals surface area contributed by atoms with Crippen molar-refractivity contribution in [1.29, 1.82) is 0 Å². The molecule has 0 saturated carbocycles. The monoisotopic (exact) mass is 335 g/mol. The molecule has 0 atom stereocenters. The minimum atomic E-state index is 0.873. The Morgan fingerprint density at radius 2 is 1.50 bits per heavy atom. The Balaban J connectivity index is 1.67. The van der Waals surface area contributed by atoms with Crippen LogP contribution in [0.25, 0.3) is 44.3 Å². The largest absolute Gasteiger partial charge is 0.456 e. The first kappa shape index (κ1) is 14.9. The highest BCUT2D eigenvalue weighted by atomic mass is 16.3. The third kappa shape index (κ3) is 2.39.